The van der Waals surface area contributed by atoms with Gasteiger partial charge in [-0.2, -0.15) is 0 Å². The molecule has 96 valence electrons. The SMILES string of the molecule is Nc1ccc(NCCc2ccco2)c(C(F)F)c1. The van der Waals surface area contributed by atoms with Gasteiger partial charge in [0.25, 0.3) is 6.43 Å². The number of hydrogen-bond donors (Lipinski definition) is 2. The molecule has 0 saturated heterocycles. The summed E-state index contributed by atoms with van der Waals surface area (Å²) in [5, 5.41) is 2.96. The minimum atomic E-state index is -2.54. The Morgan fingerprint density at radius 2 is 2.11 bits per heavy atom. The van der Waals surface area contributed by atoms with Gasteiger partial charge in [0, 0.05) is 29.9 Å². The lowest BCUT2D eigenvalue weighted by molar-refractivity contribution is 0.152. The van der Waals surface area contributed by atoms with Crippen molar-refractivity contribution in [3.05, 3.63) is 47.9 Å². The molecule has 0 radical (unpaired) electrons. The minimum Gasteiger partial charge on any atom is -0.469 e. The van der Waals surface area contributed by atoms with E-state index < -0.39 is 6.43 Å². The Balaban J connectivity index is 2.00. The van der Waals surface area contributed by atoms with Crippen LogP contribution < -0.4 is 11.1 Å². The Morgan fingerprint density at radius 1 is 1.28 bits per heavy atom. The van der Waals surface area contributed by atoms with E-state index in [0.29, 0.717) is 24.3 Å². The molecule has 1 aromatic carbocycles. The maximum Gasteiger partial charge on any atom is 0.265 e. The van der Waals surface area contributed by atoms with Gasteiger partial charge in [0.05, 0.1) is 6.26 Å². The molecule has 0 atom stereocenters. The highest BCUT2D eigenvalue weighted by Gasteiger charge is 2.13. The topological polar surface area (TPSA) is 51.2 Å². The number of benzene rings is 1. The number of alkyl halides is 2. The van der Waals surface area contributed by atoms with Gasteiger partial charge >= 0.3 is 0 Å². The van der Waals surface area contributed by atoms with E-state index in [1.807, 2.05) is 6.07 Å². The average molecular weight is 252 g/mol. The molecule has 0 spiro atoms. The molecule has 0 unspecified atom stereocenters. The summed E-state index contributed by atoms with van der Waals surface area (Å²) in [6.07, 6.45) is -0.317. The van der Waals surface area contributed by atoms with Crippen LogP contribution in [0.25, 0.3) is 0 Å². The van der Waals surface area contributed by atoms with Crippen molar-refractivity contribution >= 4 is 11.4 Å². The summed E-state index contributed by atoms with van der Waals surface area (Å²) in [7, 11) is 0. The minimum absolute atomic E-state index is 0.0746. The van der Waals surface area contributed by atoms with E-state index in [-0.39, 0.29) is 5.56 Å². The van der Waals surface area contributed by atoms with Crippen LogP contribution in [0.5, 0.6) is 0 Å². The fraction of sp³-hybridized carbons (Fsp3) is 0.231. The van der Waals surface area contributed by atoms with E-state index >= 15 is 0 Å². The molecular formula is C13H14F2N2O. The van der Waals surface area contributed by atoms with E-state index in [4.69, 9.17) is 10.2 Å². The van der Waals surface area contributed by atoms with Crippen molar-refractivity contribution in [1.82, 2.24) is 0 Å². The average Bonchev–Trinajstić information content (AvgIpc) is 2.84. The van der Waals surface area contributed by atoms with Gasteiger partial charge in [-0.05, 0) is 30.3 Å². The molecule has 2 aromatic rings. The number of rotatable bonds is 5. The summed E-state index contributed by atoms with van der Waals surface area (Å²) in [6, 6.07) is 8.10. The molecule has 0 bridgehead atoms. The van der Waals surface area contributed by atoms with E-state index in [1.165, 1.54) is 6.07 Å². The number of anilines is 2. The maximum absolute atomic E-state index is 12.8. The summed E-state index contributed by atoms with van der Waals surface area (Å²) < 4.78 is 30.7. The lowest BCUT2D eigenvalue weighted by atomic mass is 10.1. The highest BCUT2D eigenvalue weighted by Crippen LogP contribution is 2.28. The van der Waals surface area contributed by atoms with Gasteiger partial charge in [-0.25, -0.2) is 8.78 Å². The molecule has 0 aliphatic rings. The highest BCUT2D eigenvalue weighted by atomic mass is 19.3. The molecule has 18 heavy (non-hydrogen) atoms. The number of nitrogen functional groups attached to an aromatic ring is 1. The number of furan rings is 1. The third-order valence-corrected chi connectivity index (χ3v) is 2.58. The molecule has 0 saturated carbocycles. The molecule has 0 aliphatic carbocycles. The van der Waals surface area contributed by atoms with Crippen LogP contribution in [0, 0.1) is 0 Å². The molecular weight excluding hydrogens is 238 g/mol. The second-order valence-electron chi connectivity index (χ2n) is 3.90. The van der Waals surface area contributed by atoms with Gasteiger partial charge < -0.3 is 15.5 Å². The van der Waals surface area contributed by atoms with Crippen LogP contribution in [0.3, 0.4) is 0 Å². The van der Waals surface area contributed by atoms with Crippen LogP contribution in [-0.2, 0) is 6.42 Å². The van der Waals surface area contributed by atoms with Gasteiger partial charge in [0.1, 0.15) is 5.76 Å². The first-order valence-corrected chi connectivity index (χ1v) is 5.60. The molecule has 1 heterocycles. The maximum atomic E-state index is 12.8. The van der Waals surface area contributed by atoms with E-state index in [1.54, 1.807) is 24.5 Å². The first kappa shape index (κ1) is 12.4. The second kappa shape index (κ2) is 5.53. The van der Waals surface area contributed by atoms with Crippen LogP contribution >= 0.6 is 0 Å². The summed E-state index contributed by atoms with van der Waals surface area (Å²) in [4.78, 5) is 0. The first-order valence-electron chi connectivity index (χ1n) is 5.60. The van der Waals surface area contributed by atoms with Crippen molar-refractivity contribution in [3.63, 3.8) is 0 Å². The molecule has 3 N–H and O–H groups in total. The standard InChI is InChI=1S/C13H14F2N2O/c14-13(15)11-8-9(16)3-4-12(11)17-6-5-10-2-1-7-18-10/h1-4,7-8,13,17H,5-6,16H2. The van der Waals surface area contributed by atoms with E-state index in [2.05, 4.69) is 5.32 Å². The first-order chi connectivity index (χ1) is 8.66. The van der Waals surface area contributed by atoms with Crippen molar-refractivity contribution in [2.45, 2.75) is 12.8 Å². The van der Waals surface area contributed by atoms with E-state index in [0.717, 1.165) is 5.76 Å². The van der Waals surface area contributed by atoms with Gasteiger partial charge in [0.2, 0.25) is 0 Å². The number of hydrogen-bond acceptors (Lipinski definition) is 3. The Hall–Kier alpha value is -2.04. The zero-order valence-electron chi connectivity index (χ0n) is 9.70. The summed E-state index contributed by atoms with van der Waals surface area (Å²) in [6.45, 7) is 0.525. The predicted octanol–water partition coefficient (Wildman–Crippen LogP) is 3.45. The summed E-state index contributed by atoms with van der Waals surface area (Å²) in [5.74, 6) is 0.816. The highest BCUT2D eigenvalue weighted by molar-refractivity contribution is 5.58. The van der Waals surface area contributed by atoms with Gasteiger partial charge in [-0.1, -0.05) is 0 Å². The number of nitrogens with one attached hydrogen (secondary N) is 1. The lowest BCUT2D eigenvalue weighted by Crippen LogP contribution is -2.07. The van der Waals surface area contributed by atoms with Crippen LogP contribution in [0.4, 0.5) is 20.2 Å². The van der Waals surface area contributed by atoms with Crippen molar-refractivity contribution in [3.8, 4) is 0 Å². The third-order valence-electron chi connectivity index (χ3n) is 2.58. The predicted molar refractivity (Wildman–Crippen MR) is 66.7 cm³/mol. The molecule has 3 nitrogen and oxygen atoms in total. The van der Waals surface area contributed by atoms with Crippen molar-refractivity contribution in [2.75, 3.05) is 17.6 Å². The number of halogens is 2. The summed E-state index contributed by atoms with van der Waals surface area (Å²) in [5.41, 5.74) is 6.16. The zero-order valence-corrected chi connectivity index (χ0v) is 9.70. The Morgan fingerprint density at radius 3 is 2.78 bits per heavy atom. The quantitative estimate of drug-likeness (QED) is 0.801. The Bertz CT molecular complexity index is 498. The fourth-order valence-corrected chi connectivity index (χ4v) is 1.70. The van der Waals surface area contributed by atoms with Crippen molar-refractivity contribution in [1.29, 1.82) is 0 Å². The fourth-order valence-electron chi connectivity index (χ4n) is 1.70. The molecule has 2 rings (SSSR count). The third kappa shape index (κ3) is 3.00. The van der Waals surface area contributed by atoms with Gasteiger partial charge in [-0.3, -0.25) is 0 Å². The lowest BCUT2D eigenvalue weighted by Gasteiger charge is -2.11. The molecule has 0 fully saturated rings. The van der Waals surface area contributed by atoms with Crippen LogP contribution in [0.15, 0.2) is 41.0 Å². The normalized spacial score (nSPS) is 10.8. The van der Waals surface area contributed by atoms with E-state index in [9.17, 15) is 8.78 Å². The smallest absolute Gasteiger partial charge is 0.265 e. The summed E-state index contributed by atoms with van der Waals surface area (Å²) >= 11 is 0. The largest absolute Gasteiger partial charge is 0.469 e. The molecule has 0 aliphatic heterocycles. The molecule has 1 aromatic heterocycles. The van der Waals surface area contributed by atoms with Gasteiger partial charge in [-0.15, -0.1) is 0 Å². The Labute approximate surface area is 104 Å². The zero-order chi connectivity index (χ0) is 13.0. The van der Waals surface area contributed by atoms with Gasteiger partial charge in [0.15, 0.2) is 0 Å². The number of nitrogens with two attached hydrogens (primary N) is 1. The van der Waals surface area contributed by atoms with Crippen molar-refractivity contribution in [2.24, 2.45) is 0 Å². The van der Waals surface area contributed by atoms with Crippen LogP contribution in [-0.4, -0.2) is 6.54 Å². The van der Waals surface area contributed by atoms with Crippen LogP contribution in [0.2, 0.25) is 0 Å². The molecule has 0 amide bonds. The van der Waals surface area contributed by atoms with Crippen LogP contribution in [0.1, 0.15) is 17.7 Å². The monoisotopic (exact) mass is 252 g/mol. The second-order valence-corrected chi connectivity index (χ2v) is 3.90. The Kier molecular flexibility index (Phi) is 3.82. The molecule has 5 heteroatoms. The van der Waals surface area contributed by atoms with Crippen molar-refractivity contribution < 1.29 is 13.2 Å².